The summed E-state index contributed by atoms with van der Waals surface area (Å²) in [4.78, 5) is 0. The van der Waals surface area contributed by atoms with Gasteiger partial charge in [-0.2, -0.15) is 0 Å². The minimum atomic E-state index is 0.641. The number of benzene rings is 1. The zero-order valence-corrected chi connectivity index (χ0v) is 11.0. The molecule has 1 fully saturated rings. The van der Waals surface area contributed by atoms with E-state index in [-0.39, 0.29) is 0 Å². The maximum absolute atomic E-state index is 3.66. The molecule has 2 aliphatic carbocycles. The molecule has 84 valence electrons. The van der Waals surface area contributed by atoms with Gasteiger partial charge in [-0.05, 0) is 59.3 Å². The van der Waals surface area contributed by atoms with Crippen LogP contribution in [0.15, 0.2) is 34.8 Å². The van der Waals surface area contributed by atoms with Crippen LogP contribution in [0.25, 0.3) is 0 Å². The van der Waals surface area contributed by atoms with Gasteiger partial charge in [0.25, 0.3) is 0 Å². The number of halogens is 1. The van der Waals surface area contributed by atoms with Crippen molar-refractivity contribution in [2.75, 3.05) is 5.32 Å². The Balaban J connectivity index is 1.75. The highest BCUT2D eigenvalue weighted by Crippen LogP contribution is 2.44. The number of fused-ring (bicyclic) bond motifs is 1. The predicted molar refractivity (Wildman–Crippen MR) is 71.6 cm³/mol. The van der Waals surface area contributed by atoms with E-state index in [1.165, 1.54) is 28.6 Å². The molecule has 2 heteroatoms. The predicted octanol–water partition coefficient (Wildman–Crippen LogP) is 4.13. The van der Waals surface area contributed by atoms with Crippen molar-refractivity contribution in [2.45, 2.75) is 25.8 Å². The first-order valence-corrected chi connectivity index (χ1v) is 6.73. The zero-order chi connectivity index (χ0) is 11.1. The molecule has 1 nitrogen and oxygen atoms in total. The molecule has 1 saturated carbocycles. The SMILES string of the molecule is Cc1ccc(Br)c(NC2CC3CC=CC32)c1. The molecule has 1 N–H and O–H groups in total. The van der Waals surface area contributed by atoms with E-state index in [0.29, 0.717) is 6.04 Å². The molecule has 1 aromatic rings. The van der Waals surface area contributed by atoms with Gasteiger partial charge in [-0.1, -0.05) is 18.2 Å². The first-order valence-electron chi connectivity index (χ1n) is 5.93. The van der Waals surface area contributed by atoms with Crippen LogP contribution in [0.2, 0.25) is 0 Å². The zero-order valence-electron chi connectivity index (χ0n) is 9.41. The maximum Gasteiger partial charge on any atom is 0.0489 e. The second-order valence-corrected chi connectivity index (χ2v) is 5.83. The van der Waals surface area contributed by atoms with Gasteiger partial charge in [0.15, 0.2) is 0 Å². The molecule has 1 aromatic carbocycles. The van der Waals surface area contributed by atoms with Crippen LogP contribution >= 0.6 is 15.9 Å². The number of aryl methyl sites for hydroxylation is 1. The summed E-state index contributed by atoms with van der Waals surface area (Å²) in [5.41, 5.74) is 2.55. The van der Waals surface area contributed by atoms with Crippen LogP contribution in [0.1, 0.15) is 18.4 Å². The number of hydrogen-bond donors (Lipinski definition) is 1. The van der Waals surface area contributed by atoms with E-state index in [2.05, 4.69) is 58.5 Å². The minimum absolute atomic E-state index is 0.641. The minimum Gasteiger partial charge on any atom is -0.381 e. The number of anilines is 1. The Bertz CT molecular complexity index is 438. The topological polar surface area (TPSA) is 12.0 Å². The second-order valence-electron chi connectivity index (χ2n) is 4.97. The van der Waals surface area contributed by atoms with E-state index in [0.717, 1.165) is 11.8 Å². The van der Waals surface area contributed by atoms with Crippen molar-refractivity contribution >= 4 is 21.6 Å². The van der Waals surface area contributed by atoms with Gasteiger partial charge in [0.05, 0.1) is 0 Å². The fourth-order valence-corrected chi connectivity index (χ4v) is 3.19. The van der Waals surface area contributed by atoms with Crippen molar-refractivity contribution in [3.63, 3.8) is 0 Å². The van der Waals surface area contributed by atoms with Crippen molar-refractivity contribution in [1.82, 2.24) is 0 Å². The summed E-state index contributed by atoms with van der Waals surface area (Å²) in [5.74, 6) is 1.69. The first-order chi connectivity index (χ1) is 7.74. The molecule has 0 heterocycles. The molecule has 3 atom stereocenters. The van der Waals surface area contributed by atoms with Gasteiger partial charge in [0, 0.05) is 22.1 Å². The van der Waals surface area contributed by atoms with E-state index >= 15 is 0 Å². The summed E-state index contributed by atoms with van der Waals surface area (Å²) in [6.45, 7) is 2.14. The Hall–Kier alpha value is -0.760. The van der Waals surface area contributed by atoms with E-state index < -0.39 is 0 Å². The largest absolute Gasteiger partial charge is 0.381 e. The van der Waals surface area contributed by atoms with Crippen molar-refractivity contribution in [1.29, 1.82) is 0 Å². The molecule has 3 rings (SSSR count). The standard InChI is InChI=1S/C14H16BrN/c1-9-5-6-12(15)14(7-9)16-13-8-10-3-2-4-11(10)13/h2,4-7,10-11,13,16H,3,8H2,1H3. The Kier molecular flexibility index (Phi) is 2.55. The smallest absolute Gasteiger partial charge is 0.0489 e. The molecule has 0 aliphatic heterocycles. The van der Waals surface area contributed by atoms with Crippen LogP contribution in [-0.4, -0.2) is 6.04 Å². The van der Waals surface area contributed by atoms with Crippen LogP contribution in [0.3, 0.4) is 0 Å². The van der Waals surface area contributed by atoms with Crippen LogP contribution in [0, 0.1) is 18.8 Å². The summed E-state index contributed by atoms with van der Waals surface area (Å²) in [7, 11) is 0. The summed E-state index contributed by atoms with van der Waals surface area (Å²) in [6, 6.07) is 7.12. The molecule has 0 aromatic heterocycles. The quantitative estimate of drug-likeness (QED) is 0.802. The average Bonchev–Trinajstić information content (AvgIpc) is 2.61. The summed E-state index contributed by atoms with van der Waals surface area (Å²) >= 11 is 3.60. The van der Waals surface area contributed by atoms with Gasteiger partial charge in [-0.25, -0.2) is 0 Å². The highest BCUT2D eigenvalue weighted by Gasteiger charge is 2.40. The van der Waals surface area contributed by atoms with Crippen LogP contribution in [0.4, 0.5) is 5.69 Å². The molecular formula is C14H16BrN. The van der Waals surface area contributed by atoms with Crippen molar-refractivity contribution < 1.29 is 0 Å². The molecule has 2 aliphatic rings. The Morgan fingerprint density at radius 2 is 2.25 bits per heavy atom. The summed E-state index contributed by atoms with van der Waals surface area (Å²) < 4.78 is 1.17. The number of rotatable bonds is 2. The number of hydrogen-bond acceptors (Lipinski definition) is 1. The van der Waals surface area contributed by atoms with Gasteiger partial charge in [0.2, 0.25) is 0 Å². The number of allylic oxidation sites excluding steroid dienone is 1. The maximum atomic E-state index is 3.66. The fraction of sp³-hybridized carbons (Fsp3) is 0.429. The fourth-order valence-electron chi connectivity index (χ4n) is 2.83. The van der Waals surface area contributed by atoms with Gasteiger partial charge in [-0.3, -0.25) is 0 Å². The number of nitrogens with one attached hydrogen (secondary N) is 1. The van der Waals surface area contributed by atoms with Gasteiger partial charge >= 0.3 is 0 Å². The first kappa shape index (κ1) is 10.4. The molecule has 0 spiro atoms. The second kappa shape index (κ2) is 3.92. The molecule has 0 radical (unpaired) electrons. The Morgan fingerprint density at radius 3 is 3.06 bits per heavy atom. The molecule has 16 heavy (non-hydrogen) atoms. The van der Waals surface area contributed by atoms with Gasteiger partial charge in [-0.15, -0.1) is 0 Å². The van der Waals surface area contributed by atoms with E-state index in [9.17, 15) is 0 Å². The lowest BCUT2D eigenvalue weighted by Gasteiger charge is -2.41. The normalized spacial score (nSPS) is 31.0. The Labute approximate surface area is 105 Å². The third kappa shape index (κ3) is 1.69. The lowest BCUT2D eigenvalue weighted by Crippen LogP contribution is -2.43. The highest BCUT2D eigenvalue weighted by molar-refractivity contribution is 9.10. The molecule has 0 saturated heterocycles. The van der Waals surface area contributed by atoms with Crippen molar-refractivity contribution in [3.8, 4) is 0 Å². The highest BCUT2D eigenvalue weighted by atomic mass is 79.9. The molecule has 3 unspecified atom stereocenters. The molecule has 0 bridgehead atoms. The molecule has 0 amide bonds. The van der Waals surface area contributed by atoms with Gasteiger partial charge < -0.3 is 5.32 Å². The Morgan fingerprint density at radius 1 is 1.38 bits per heavy atom. The van der Waals surface area contributed by atoms with Crippen LogP contribution < -0.4 is 5.32 Å². The third-order valence-electron chi connectivity index (χ3n) is 3.83. The van der Waals surface area contributed by atoms with Crippen molar-refractivity contribution in [2.24, 2.45) is 11.8 Å². The lowest BCUT2D eigenvalue weighted by atomic mass is 9.71. The van der Waals surface area contributed by atoms with E-state index in [4.69, 9.17) is 0 Å². The van der Waals surface area contributed by atoms with Crippen LogP contribution in [-0.2, 0) is 0 Å². The lowest BCUT2D eigenvalue weighted by molar-refractivity contribution is 0.218. The molecular weight excluding hydrogens is 262 g/mol. The van der Waals surface area contributed by atoms with E-state index in [1.807, 2.05) is 0 Å². The van der Waals surface area contributed by atoms with Gasteiger partial charge in [0.1, 0.15) is 0 Å². The van der Waals surface area contributed by atoms with Crippen molar-refractivity contribution in [3.05, 3.63) is 40.4 Å². The third-order valence-corrected chi connectivity index (χ3v) is 4.52. The van der Waals surface area contributed by atoms with E-state index in [1.54, 1.807) is 0 Å². The average molecular weight is 278 g/mol. The van der Waals surface area contributed by atoms with Crippen LogP contribution in [0.5, 0.6) is 0 Å². The summed E-state index contributed by atoms with van der Waals surface area (Å²) in [6.07, 6.45) is 7.33. The monoisotopic (exact) mass is 277 g/mol. The summed E-state index contributed by atoms with van der Waals surface area (Å²) in [5, 5.41) is 3.66.